The molecule has 0 aliphatic rings. The van der Waals surface area contributed by atoms with Crippen LogP contribution in [-0.2, 0) is 21.9 Å². The Bertz CT molecular complexity index is 1370. The molecule has 0 radical (unpaired) electrons. The third-order valence-electron chi connectivity index (χ3n) is 5.57. The molecule has 3 aromatic rings. The number of aryl methyl sites for hydroxylation is 2. The molecule has 0 saturated heterocycles. The van der Waals surface area contributed by atoms with E-state index in [-0.39, 0.29) is 6.10 Å². The van der Waals surface area contributed by atoms with Gasteiger partial charge in [-0.1, -0.05) is 19.4 Å². The number of aromatic nitrogens is 3. The fourth-order valence-electron chi connectivity index (χ4n) is 3.92. The SMILES string of the molecule is C=CC(NCCCC)S(=O)(=O)NC(=O)/C=C/c1c(C)nn(C)c1-n1ccc2ccc(OC(C)C)cc21. The van der Waals surface area contributed by atoms with Crippen LogP contribution in [-0.4, -0.2) is 46.7 Å². The van der Waals surface area contributed by atoms with E-state index in [1.165, 1.54) is 12.2 Å². The maximum absolute atomic E-state index is 12.6. The van der Waals surface area contributed by atoms with Crippen LogP contribution in [0, 0.1) is 6.92 Å². The van der Waals surface area contributed by atoms with E-state index < -0.39 is 21.3 Å². The summed E-state index contributed by atoms with van der Waals surface area (Å²) in [5.41, 5.74) is 2.31. The smallest absolute Gasteiger partial charge is 0.257 e. The number of unbranched alkanes of at least 4 members (excludes halogenated alkanes) is 1. The molecule has 2 N–H and O–H groups in total. The second kappa shape index (κ2) is 11.6. The summed E-state index contributed by atoms with van der Waals surface area (Å²) in [6.45, 7) is 11.9. The minimum atomic E-state index is -3.98. The van der Waals surface area contributed by atoms with E-state index in [1.54, 1.807) is 10.8 Å². The zero-order valence-corrected chi connectivity index (χ0v) is 22.3. The van der Waals surface area contributed by atoms with Gasteiger partial charge in [0.25, 0.3) is 15.9 Å². The summed E-state index contributed by atoms with van der Waals surface area (Å²) in [7, 11) is -2.16. The summed E-state index contributed by atoms with van der Waals surface area (Å²) in [5.74, 6) is 0.738. The number of hydrogen-bond acceptors (Lipinski definition) is 6. The first kappa shape index (κ1) is 27.2. The van der Waals surface area contributed by atoms with Gasteiger partial charge in [0, 0.05) is 36.3 Å². The summed E-state index contributed by atoms with van der Waals surface area (Å²) in [6, 6.07) is 7.88. The van der Waals surface area contributed by atoms with E-state index in [9.17, 15) is 13.2 Å². The molecule has 3 rings (SSSR count). The maximum Gasteiger partial charge on any atom is 0.257 e. The maximum atomic E-state index is 12.6. The average Bonchev–Trinajstić information content (AvgIpc) is 3.33. The topological polar surface area (TPSA) is 107 Å². The second-order valence-electron chi connectivity index (χ2n) is 8.83. The van der Waals surface area contributed by atoms with E-state index in [4.69, 9.17) is 4.74 Å². The van der Waals surface area contributed by atoms with Crippen LogP contribution in [0.2, 0.25) is 0 Å². The zero-order chi connectivity index (χ0) is 26.5. The molecule has 2 heterocycles. The molecule has 2 aromatic heterocycles. The lowest BCUT2D eigenvalue weighted by molar-refractivity contribution is -0.114. The Morgan fingerprint density at radius 3 is 2.69 bits per heavy atom. The highest BCUT2D eigenvalue weighted by Gasteiger charge is 2.23. The van der Waals surface area contributed by atoms with Gasteiger partial charge in [-0.15, -0.1) is 6.58 Å². The number of hydrogen-bond donors (Lipinski definition) is 2. The normalized spacial score (nSPS) is 12.9. The molecule has 9 nitrogen and oxygen atoms in total. The van der Waals surface area contributed by atoms with Crippen LogP contribution in [0.4, 0.5) is 0 Å². The number of benzene rings is 1. The molecule has 0 spiro atoms. The van der Waals surface area contributed by atoms with Gasteiger partial charge in [-0.2, -0.15) is 5.10 Å². The van der Waals surface area contributed by atoms with Crippen LogP contribution < -0.4 is 14.8 Å². The third kappa shape index (κ3) is 6.24. The molecule has 0 saturated carbocycles. The Labute approximate surface area is 212 Å². The van der Waals surface area contributed by atoms with Gasteiger partial charge in [0.1, 0.15) is 16.9 Å². The average molecular weight is 514 g/mol. The lowest BCUT2D eigenvalue weighted by atomic mass is 10.2. The van der Waals surface area contributed by atoms with E-state index in [2.05, 4.69) is 21.7 Å². The lowest BCUT2D eigenvalue weighted by Crippen LogP contribution is -2.44. The molecule has 36 heavy (non-hydrogen) atoms. The van der Waals surface area contributed by atoms with Crippen molar-refractivity contribution in [3.8, 4) is 11.6 Å². The number of carbonyl (C=O) groups excluding carboxylic acids is 1. The van der Waals surface area contributed by atoms with Crippen LogP contribution in [0.1, 0.15) is 44.9 Å². The number of sulfonamides is 1. The highest BCUT2D eigenvalue weighted by molar-refractivity contribution is 7.90. The van der Waals surface area contributed by atoms with Crippen LogP contribution in [0.15, 0.2) is 49.2 Å². The second-order valence-corrected chi connectivity index (χ2v) is 10.6. The first-order valence-electron chi connectivity index (χ1n) is 12.0. The van der Waals surface area contributed by atoms with Crippen molar-refractivity contribution in [2.75, 3.05) is 6.54 Å². The number of nitrogens with zero attached hydrogens (tertiary/aromatic N) is 3. The fourth-order valence-corrected chi connectivity index (χ4v) is 4.99. The molecular weight excluding hydrogens is 478 g/mol. The predicted octanol–water partition coefficient (Wildman–Crippen LogP) is 3.82. The third-order valence-corrected chi connectivity index (χ3v) is 7.08. The minimum Gasteiger partial charge on any atom is -0.491 e. The number of ether oxygens (including phenoxy) is 1. The number of nitrogens with one attached hydrogen (secondary N) is 2. The van der Waals surface area contributed by atoms with E-state index in [0.717, 1.165) is 35.3 Å². The van der Waals surface area contributed by atoms with Gasteiger partial charge in [-0.3, -0.25) is 14.8 Å². The van der Waals surface area contributed by atoms with Crippen molar-refractivity contribution in [2.45, 2.75) is 52.0 Å². The van der Waals surface area contributed by atoms with Crippen molar-refractivity contribution in [1.82, 2.24) is 24.4 Å². The van der Waals surface area contributed by atoms with E-state index >= 15 is 0 Å². The summed E-state index contributed by atoms with van der Waals surface area (Å²) in [4.78, 5) is 12.6. The predicted molar refractivity (Wildman–Crippen MR) is 144 cm³/mol. The van der Waals surface area contributed by atoms with Crippen LogP contribution in [0.3, 0.4) is 0 Å². The summed E-state index contributed by atoms with van der Waals surface area (Å²) in [5, 5.41) is 7.37. The molecule has 1 unspecified atom stereocenters. The van der Waals surface area contributed by atoms with Crippen molar-refractivity contribution < 1.29 is 17.9 Å². The number of amides is 1. The molecule has 0 aliphatic carbocycles. The van der Waals surface area contributed by atoms with Gasteiger partial charge < -0.3 is 9.30 Å². The first-order valence-corrected chi connectivity index (χ1v) is 13.5. The molecule has 0 fully saturated rings. The van der Waals surface area contributed by atoms with E-state index in [1.807, 2.05) is 69.8 Å². The van der Waals surface area contributed by atoms with Gasteiger partial charge in [-0.05, 0) is 58.0 Å². The van der Waals surface area contributed by atoms with Gasteiger partial charge in [0.15, 0.2) is 0 Å². The van der Waals surface area contributed by atoms with Gasteiger partial charge >= 0.3 is 0 Å². The Kier molecular flexibility index (Phi) is 8.75. The molecule has 1 aromatic carbocycles. The van der Waals surface area contributed by atoms with Crippen molar-refractivity contribution in [3.63, 3.8) is 0 Å². The number of rotatable bonds is 12. The molecule has 10 heteroatoms. The monoisotopic (exact) mass is 513 g/mol. The zero-order valence-electron chi connectivity index (χ0n) is 21.5. The molecule has 1 amide bonds. The van der Waals surface area contributed by atoms with Gasteiger partial charge in [0.05, 0.1) is 17.3 Å². The largest absolute Gasteiger partial charge is 0.491 e. The van der Waals surface area contributed by atoms with E-state index in [0.29, 0.717) is 17.8 Å². The Balaban J connectivity index is 1.89. The van der Waals surface area contributed by atoms with Crippen molar-refractivity contribution in [3.05, 3.63) is 60.5 Å². The Hall–Kier alpha value is -3.37. The standard InChI is InChI=1S/C26H35N5O4S/c1-7-9-15-27-25(8-2)36(33,34)29-24(32)13-12-22-19(5)28-30(6)26(22)31-16-14-20-10-11-21(17-23(20)31)35-18(3)4/h8,10-14,16-18,25,27H,2,7,9,15H2,1,3-6H3,(H,29,32)/b13-12+. The van der Waals surface area contributed by atoms with Crippen LogP contribution in [0.5, 0.6) is 5.75 Å². The molecular formula is C26H35N5O4S. The minimum absolute atomic E-state index is 0.0422. The van der Waals surface area contributed by atoms with Crippen molar-refractivity contribution in [2.24, 2.45) is 7.05 Å². The Morgan fingerprint density at radius 1 is 1.28 bits per heavy atom. The quantitative estimate of drug-likeness (QED) is 0.217. The van der Waals surface area contributed by atoms with Crippen LogP contribution in [0.25, 0.3) is 22.8 Å². The summed E-state index contributed by atoms with van der Waals surface area (Å²) < 4.78 is 36.9. The number of carbonyl (C=O) groups is 1. The molecule has 0 aliphatic heterocycles. The summed E-state index contributed by atoms with van der Waals surface area (Å²) >= 11 is 0. The van der Waals surface area contributed by atoms with Crippen molar-refractivity contribution >= 4 is 32.9 Å². The lowest BCUT2D eigenvalue weighted by Gasteiger charge is -2.15. The fraction of sp³-hybridized carbons (Fsp3) is 0.385. The Morgan fingerprint density at radius 2 is 2.03 bits per heavy atom. The van der Waals surface area contributed by atoms with Gasteiger partial charge in [0.2, 0.25) is 0 Å². The molecule has 1 atom stereocenters. The summed E-state index contributed by atoms with van der Waals surface area (Å²) in [6.07, 6.45) is 7.76. The number of fused-ring (bicyclic) bond motifs is 1. The van der Waals surface area contributed by atoms with Gasteiger partial charge in [-0.25, -0.2) is 13.1 Å². The highest BCUT2D eigenvalue weighted by atomic mass is 32.2. The molecule has 0 bridgehead atoms. The highest BCUT2D eigenvalue weighted by Crippen LogP contribution is 2.28. The van der Waals surface area contributed by atoms with Crippen LogP contribution >= 0.6 is 0 Å². The van der Waals surface area contributed by atoms with Crippen molar-refractivity contribution in [1.29, 1.82) is 0 Å². The molecule has 194 valence electrons. The first-order chi connectivity index (χ1) is 17.1.